The van der Waals surface area contributed by atoms with Crippen molar-refractivity contribution in [3.63, 3.8) is 0 Å². The predicted octanol–water partition coefficient (Wildman–Crippen LogP) is 3.48. The Morgan fingerprint density at radius 1 is 1.32 bits per heavy atom. The second-order valence-electron chi connectivity index (χ2n) is 4.94. The fourth-order valence-electron chi connectivity index (χ4n) is 2.71. The molecule has 0 spiro atoms. The summed E-state index contributed by atoms with van der Waals surface area (Å²) < 4.78 is 4.89. The zero-order valence-corrected chi connectivity index (χ0v) is 13.5. The van der Waals surface area contributed by atoms with Gasteiger partial charge in [-0.2, -0.15) is 0 Å². The number of hydrogen-bond acceptors (Lipinski definition) is 4. The maximum atomic E-state index is 12.1. The van der Waals surface area contributed by atoms with Crippen molar-refractivity contribution in [1.29, 1.82) is 0 Å². The van der Waals surface area contributed by atoms with Crippen LogP contribution in [-0.4, -0.2) is 24.9 Å². The molecule has 1 aromatic heterocycles. The van der Waals surface area contributed by atoms with Gasteiger partial charge in [-0.15, -0.1) is 22.9 Å². The highest BCUT2D eigenvalue weighted by molar-refractivity contribution is 7.20. The first kappa shape index (κ1) is 15.1. The van der Waals surface area contributed by atoms with Gasteiger partial charge in [0.1, 0.15) is 10.9 Å². The smallest absolute Gasteiger partial charge is 0.341 e. The van der Waals surface area contributed by atoms with Crippen LogP contribution in [0.25, 0.3) is 10.4 Å². The number of ether oxygens (including phenoxy) is 1. The van der Waals surface area contributed by atoms with Gasteiger partial charge in [0.15, 0.2) is 0 Å². The molecule has 0 unspecified atom stereocenters. The van der Waals surface area contributed by atoms with Crippen molar-refractivity contribution in [1.82, 2.24) is 0 Å². The molecule has 114 valence electrons. The zero-order valence-electron chi connectivity index (χ0n) is 11.9. The van der Waals surface area contributed by atoms with Crippen LogP contribution in [0.5, 0.6) is 0 Å². The highest BCUT2D eigenvalue weighted by atomic mass is 35.5. The van der Waals surface area contributed by atoms with Gasteiger partial charge < -0.3 is 10.1 Å². The van der Waals surface area contributed by atoms with Crippen LogP contribution in [0.1, 0.15) is 21.5 Å². The van der Waals surface area contributed by atoms with Gasteiger partial charge in [0.2, 0.25) is 5.91 Å². The zero-order chi connectivity index (χ0) is 15.7. The van der Waals surface area contributed by atoms with Gasteiger partial charge in [0, 0.05) is 4.88 Å². The van der Waals surface area contributed by atoms with Crippen LogP contribution in [0.4, 0.5) is 5.00 Å². The summed E-state index contributed by atoms with van der Waals surface area (Å²) in [7, 11) is 1.34. The minimum atomic E-state index is -0.429. The third-order valence-corrected chi connectivity index (χ3v) is 5.10. The fraction of sp³-hybridized carbons (Fsp3) is 0.250. The Hall–Kier alpha value is -1.85. The Labute approximate surface area is 137 Å². The lowest BCUT2D eigenvalue weighted by atomic mass is 9.89. The molecule has 1 heterocycles. The lowest BCUT2D eigenvalue weighted by Crippen LogP contribution is -2.15. The van der Waals surface area contributed by atoms with E-state index in [1.807, 2.05) is 18.2 Å². The largest absolute Gasteiger partial charge is 0.465 e. The Kier molecular flexibility index (Phi) is 4.18. The summed E-state index contributed by atoms with van der Waals surface area (Å²) >= 11 is 6.95. The number of esters is 1. The second-order valence-corrected chi connectivity index (χ2v) is 6.23. The predicted molar refractivity (Wildman–Crippen MR) is 87.9 cm³/mol. The van der Waals surface area contributed by atoms with Crippen molar-refractivity contribution in [3.8, 4) is 10.4 Å². The number of thiophene rings is 1. The van der Waals surface area contributed by atoms with Crippen molar-refractivity contribution in [2.45, 2.75) is 12.8 Å². The van der Waals surface area contributed by atoms with Crippen LogP contribution >= 0.6 is 22.9 Å². The number of carbonyl (C=O) groups is 2. The van der Waals surface area contributed by atoms with E-state index < -0.39 is 5.97 Å². The lowest BCUT2D eigenvalue weighted by Gasteiger charge is -2.16. The number of rotatable bonds is 3. The summed E-state index contributed by atoms with van der Waals surface area (Å²) in [6, 6.07) is 8.11. The first-order chi connectivity index (χ1) is 10.7. The Balaban J connectivity index is 2.15. The number of fused-ring (bicyclic) bond motifs is 3. The third kappa shape index (κ3) is 2.51. The van der Waals surface area contributed by atoms with E-state index in [-0.39, 0.29) is 11.8 Å². The molecular weight excluding hydrogens is 322 g/mol. The molecule has 1 aromatic carbocycles. The lowest BCUT2D eigenvalue weighted by molar-refractivity contribution is -0.113. The van der Waals surface area contributed by atoms with E-state index in [1.54, 1.807) is 0 Å². The first-order valence-electron chi connectivity index (χ1n) is 6.83. The number of amides is 1. The molecule has 0 saturated carbocycles. The molecular formula is C16H14ClNO3S. The summed E-state index contributed by atoms with van der Waals surface area (Å²) in [4.78, 5) is 24.8. The van der Waals surface area contributed by atoms with Crippen LogP contribution in [0.2, 0.25) is 0 Å². The molecule has 3 rings (SSSR count). The van der Waals surface area contributed by atoms with E-state index in [4.69, 9.17) is 16.3 Å². The summed E-state index contributed by atoms with van der Waals surface area (Å²) in [6.45, 7) is 0. The third-order valence-electron chi connectivity index (χ3n) is 3.68. The average Bonchev–Trinajstić information content (AvgIpc) is 2.92. The number of benzene rings is 1. The number of aryl methyl sites for hydroxylation is 1. The second kappa shape index (κ2) is 6.10. The highest BCUT2D eigenvalue weighted by Crippen LogP contribution is 2.45. The Morgan fingerprint density at radius 2 is 2.09 bits per heavy atom. The normalized spacial score (nSPS) is 12.3. The standard InChI is InChI=1S/C16H14ClNO3S/c1-21-16(20)13-11-7-6-9-4-2-3-5-10(9)14(11)22-15(13)18-12(19)8-17/h2-5H,6-8H2,1H3,(H,18,19). The maximum absolute atomic E-state index is 12.1. The van der Waals surface area contributed by atoms with E-state index in [0.717, 1.165) is 28.8 Å². The van der Waals surface area contributed by atoms with Crippen LogP contribution in [0, 0.1) is 0 Å². The SMILES string of the molecule is COC(=O)c1c(NC(=O)CCl)sc2c1CCc1ccccc1-2. The van der Waals surface area contributed by atoms with E-state index in [2.05, 4.69) is 11.4 Å². The van der Waals surface area contributed by atoms with Gasteiger partial charge in [-0.3, -0.25) is 4.79 Å². The number of anilines is 1. The van der Waals surface area contributed by atoms with Gasteiger partial charge in [-0.1, -0.05) is 24.3 Å². The minimum absolute atomic E-state index is 0.153. The van der Waals surface area contributed by atoms with Crippen molar-refractivity contribution < 1.29 is 14.3 Å². The molecule has 22 heavy (non-hydrogen) atoms. The van der Waals surface area contributed by atoms with Crippen molar-refractivity contribution in [2.75, 3.05) is 18.3 Å². The van der Waals surface area contributed by atoms with Crippen LogP contribution in [-0.2, 0) is 22.4 Å². The molecule has 4 nitrogen and oxygen atoms in total. The molecule has 2 aromatic rings. The van der Waals surface area contributed by atoms with Crippen LogP contribution in [0.3, 0.4) is 0 Å². The Bertz CT molecular complexity index is 754. The molecule has 0 saturated heterocycles. The molecule has 6 heteroatoms. The van der Waals surface area contributed by atoms with E-state index >= 15 is 0 Å². The molecule has 0 atom stereocenters. The summed E-state index contributed by atoms with van der Waals surface area (Å²) in [5, 5.41) is 3.22. The summed E-state index contributed by atoms with van der Waals surface area (Å²) in [5.74, 6) is -0.916. The number of alkyl halides is 1. The molecule has 1 amide bonds. The first-order valence-corrected chi connectivity index (χ1v) is 8.19. The molecule has 0 fully saturated rings. The van der Waals surface area contributed by atoms with E-state index in [0.29, 0.717) is 10.6 Å². The number of carbonyl (C=O) groups excluding carboxylic acids is 2. The molecule has 0 aliphatic heterocycles. The van der Waals surface area contributed by atoms with Crippen LogP contribution < -0.4 is 5.32 Å². The van der Waals surface area contributed by atoms with Gasteiger partial charge in [-0.05, 0) is 29.5 Å². The Morgan fingerprint density at radius 3 is 2.82 bits per heavy atom. The van der Waals surface area contributed by atoms with Gasteiger partial charge in [0.25, 0.3) is 0 Å². The summed E-state index contributed by atoms with van der Waals surface area (Å²) in [5.41, 5.74) is 3.77. The van der Waals surface area contributed by atoms with Gasteiger partial charge in [0.05, 0.1) is 12.7 Å². The fourth-order valence-corrected chi connectivity index (χ4v) is 4.09. The molecule has 1 aliphatic carbocycles. The number of halogens is 1. The van der Waals surface area contributed by atoms with Gasteiger partial charge >= 0.3 is 5.97 Å². The van der Waals surface area contributed by atoms with Crippen molar-refractivity contribution in [3.05, 3.63) is 41.0 Å². The van der Waals surface area contributed by atoms with Crippen molar-refractivity contribution >= 4 is 39.8 Å². The number of methoxy groups -OCH3 is 1. The highest BCUT2D eigenvalue weighted by Gasteiger charge is 2.29. The molecule has 1 aliphatic rings. The molecule has 0 bridgehead atoms. The van der Waals surface area contributed by atoms with Crippen LogP contribution in [0.15, 0.2) is 24.3 Å². The van der Waals surface area contributed by atoms with Gasteiger partial charge in [-0.25, -0.2) is 4.79 Å². The summed E-state index contributed by atoms with van der Waals surface area (Å²) in [6.07, 6.45) is 1.62. The topological polar surface area (TPSA) is 55.4 Å². The monoisotopic (exact) mass is 335 g/mol. The van der Waals surface area contributed by atoms with E-state index in [1.165, 1.54) is 24.0 Å². The molecule has 0 radical (unpaired) electrons. The maximum Gasteiger partial charge on any atom is 0.341 e. The molecule has 1 N–H and O–H groups in total. The number of nitrogens with one attached hydrogen (secondary N) is 1. The van der Waals surface area contributed by atoms with Crippen molar-refractivity contribution in [2.24, 2.45) is 0 Å². The van der Waals surface area contributed by atoms with E-state index in [9.17, 15) is 9.59 Å². The quantitative estimate of drug-likeness (QED) is 0.690. The number of hydrogen-bond donors (Lipinski definition) is 1. The average molecular weight is 336 g/mol. The minimum Gasteiger partial charge on any atom is -0.465 e.